The maximum Gasteiger partial charge on any atom is 0.297 e. The van der Waals surface area contributed by atoms with Gasteiger partial charge in [-0.3, -0.25) is 4.18 Å². The van der Waals surface area contributed by atoms with Gasteiger partial charge in [0.05, 0.1) is 57.8 Å². The van der Waals surface area contributed by atoms with E-state index in [2.05, 4.69) is 6.92 Å². The Morgan fingerprint density at radius 1 is 0.486 bits per heavy atom. The number of benzene rings is 1. The lowest BCUT2D eigenvalue weighted by Crippen LogP contribution is -2.15. The molecule has 0 heterocycles. The molecule has 0 bridgehead atoms. The van der Waals surface area contributed by atoms with E-state index in [0.29, 0.717) is 39.6 Å². The Balaban J connectivity index is 1.71. The molecule has 0 saturated heterocycles. The number of ether oxygens (including phenoxy) is 4. The molecule has 0 amide bonds. The van der Waals surface area contributed by atoms with Gasteiger partial charge in [0, 0.05) is 6.61 Å². The lowest BCUT2D eigenvalue weighted by molar-refractivity contribution is -0.00468. The number of hydrogen-bond acceptors (Lipinski definition) is 7. The van der Waals surface area contributed by atoms with Crippen molar-refractivity contribution in [3.8, 4) is 0 Å². The van der Waals surface area contributed by atoms with Gasteiger partial charge in [-0.25, -0.2) is 0 Å². The summed E-state index contributed by atoms with van der Waals surface area (Å²) in [6.45, 7) is 6.23. The van der Waals surface area contributed by atoms with Crippen LogP contribution in [0.5, 0.6) is 0 Å². The molecule has 37 heavy (non-hydrogen) atoms. The van der Waals surface area contributed by atoms with E-state index in [1.54, 1.807) is 18.2 Å². The molecule has 0 aliphatic carbocycles. The maximum atomic E-state index is 11.9. The summed E-state index contributed by atoms with van der Waals surface area (Å²) >= 11 is 0. The van der Waals surface area contributed by atoms with E-state index < -0.39 is 10.1 Å². The van der Waals surface area contributed by atoms with Gasteiger partial charge >= 0.3 is 0 Å². The van der Waals surface area contributed by atoms with Crippen molar-refractivity contribution in [1.29, 1.82) is 0 Å². The fourth-order valence-corrected chi connectivity index (χ4v) is 4.76. The highest BCUT2D eigenvalue weighted by molar-refractivity contribution is 7.86. The van der Waals surface area contributed by atoms with Gasteiger partial charge in [-0.05, 0) is 18.6 Å². The van der Waals surface area contributed by atoms with Crippen LogP contribution in [-0.2, 0) is 33.2 Å². The minimum Gasteiger partial charge on any atom is -0.379 e. The van der Waals surface area contributed by atoms with E-state index in [1.807, 2.05) is 0 Å². The van der Waals surface area contributed by atoms with Crippen LogP contribution in [0.15, 0.2) is 35.2 Å². The van der Waals surface area contributed by atoms with Crippen molar-refractivity contribution in [1.82, 2.24) is 0 Å². The second kappa shape index (κ2) is 25.3. The van der Waals surface area contributed by atoms with Gasteiger partial charge in [-0.2, -0.15) is 8.42 Å². The van der Waals surface area contributed by atoms with Crippen LogP contribution in [0, 0.1) is 0 Å². The molecule has 0 atom stereocenters. The summed E-state index contributed by atoms with van der Waals surface area (Å²) < 4.78 is 50.7. The first-order chi connectivity index (χ1) is 18.2. The quantitative estimate of drug-likeness (QED) is 0.0874. The van der Waals surface area contributed by atoms with Crippen LogP contribution in [0.2, 0.25) is 0 Å². The van der Waals surface area contributed by atoms with E-state index in [0.717, 1.165) is 13.0 Å². The largest absolute Gasteiger partial charge is 0.379 e. The summed E-state index contributed by atoms with van der Waals surface area (Å²) in [7, 11) is -3.73. The van der Waals surface area contributed by atoms with Gasteiger partial charge in [0.2, 0.25) is 0 Å². The van der Waals surface area contributed by atoms with E-state index in [1.165, 1.54) is 89.2 Å². The van der Waals surface area contributed by atoms with E-state index in [-0.39, 0.29) is 18.1 Å². The maximum absolute atomic E-state index is 11.9. The smallest absolute Gasteiger partial charge is 0.297 e. The normalized spacial score (nSPS) is 11.8. The zero-order valence-corrected chi connectivity index (χ0v) is 24.0. The van der Waals surface area contributed by atoms with Crippen molar-refractivity contribution in [2.75, 3.05) is 59.5 Å². The summed E-state index contributed by atoms with van der Waals surface area (Å²) in [5.41, 5.74) is 0. The summed E-state index contributed by atoms with van der Waals surface area (Å²) in [6, 6.07) is 8.06. The molecule has 1 rings (SSSR count). The van der Waals surface area contributed by atoms with Crippen molar-refractivity contribution in [2.24, 2.45) is 0 Å². The number of rotatable bonds is 28. The molecule has 1 aromatic rings. The Morgan fingerprint density at radius 2 is 0.865 bits per heavy atom. The topological polar surface area (TPSA) is 80.3 Å². The molecular weight excluding hydrogens is 492 g/mol. The molecule has 7 nitrogen and oxygen atoms in total. The van der Waals surface area contributed by atoms with Gasteiger partial charge in [0.1, 0.15) is 0 Å². The Morgan fingerprint density at radius 3 is 1.32 bits per heavy atom. The van der Waals surface area contributed by atoms with Crippen LogP contribution >= 0.6 is 0 Å². The first kappa shape index (κ1) is 34.0. The Hall–Kier alpha value is -1.03. The molecule has 0 unspecified atom stereocenters. The summed E-state index contributed by atoms with van der Waals surface area (Å²) in [5.74, 6) is 0. The molecule has 0 spiro atoms. The molecule has 1 aromatic carbocycles. The lowest BCUT2D eigenvalue weighted by atomic mass is 10.0. The van der Waals surface area contributed by atoms with Crippen molar-refractivity contribution >= 4 is 10.1 Å². The average Bonchev–Trinajstić information content (AvgIpc) is 2.91. The fourth-order valence-electron chi connectivity index (χ4n) is 3.84. The van der Waals surface area contributed by atoms with Crippen LogP contribution in [0.25, 0.3) is 0 Å². The van der Waals surface area contributed by atoms with E-state index >= 15 is 0 Å². The highest BCUT2D eigenvalue weighted by Crippen LogP contribution is 2.13. The van der Waals surface area contributed by atoms with Crippen molar-refractivity contribution in [3.63, 3.8) is 0 Å². The van der Waals surface area contributed by atoms with Crippen LogP contribution in [0.3, 0.4) is 0 Å². The molecule has 8 heteroatoms. The van der Waals surface area contributed by atoms with Crippen molar-refractivity contribution in [3.05, 3.63) is 30.3 Å². The Kier molecular flexibility index (Phi) is 23.2. The fraction of sp³-hybridized carbons (Fsp3) is 0.793. The van der Waals surface area contributed by atoms with Crippen LogP contribution in [0.1, 0.15) is 90.4 Å². The summed E-state index contributed by atoms with van der Waals surface area (Å²) in [4.78, 5) is 0.142. The Labute approximate surface area is 226 Å². The SMILES string of the molecule is CCCCCCCCCCCCCCCOCCOCCOCCOCCOS(=O)(=O)c1ccccc1. The third kappa shape index (κ3) is 21.6. The monoisotopic (exact) mass is 544 g/mol. The molecule has 0 radical (unpaired) electrons. The molecule has 0 aliphatic rings. The van der Waals surface area contributed by atoms with Gasteiger partial charge in [-0.1, -0.05) is 102 Å². The predicted molar refractivity (Wildman–Crippen MR) is 149 cm³/mol. The second-order valence-corrected chi connectivity index (χ2v) is 10.9. The minimum atomic E-state index is -3.73. The lowest BCUT2D eigenvalue weighted by Gasteiger charge is -2.08. The third-order valence-electron chi connectivity index (χ3n) is 6.01. The van der Waals surface area contributed by atoms with Crippen molar-refractivity contribution < 1.29 is 31.5 Å². The van der Waals surface area contributed by atoms with Crippen molar-refractivity contribution in [2.45, 2.75) is 95.3 Å². The van der Waals surface area contributed by atoms with Gasteiger partial charge < -0.3 is 18.9 Å². The number of hydrogen-bond donors (Lipinski definition) is 0. The standard InChI is InChI=1S/C29H52O7S/c1-2-3-4-5-6-7-8-9-10-11-12-13-17-20-32-21-22-33-23-24-34-25-26-35-27-28-36-37(30,31)29-18-15-14-16-19-29/h14-16,18-19H,2-13,17,20-28H2,1H3. The first-order valence-electron chi connectivity index (χ1n) is 14.4. The molecular formula is C29H52O7S. The third-order valence-corrected chi connectivity index (χ3v) is 7.33. The van der Waals surface area contributed by atoms with Gasteiger partial charge in [0.25, 0.3) is 10.1 Å². The van der Waals surface area contributed by atoms with Gasteiger partial charge in [0.15, 0.2) is 0 Å². The molecule has 0 N–H and O–H groups in total. The van der Waals surface area contributed by atoms with Crippen LogP contribution < -0.4 is 0 Å². The molecule has 0 saturated carbocycles. The zero-order chi connectivity index (χ0) is 26.7. The van der Waals surface area contributed by atoms with Gasteiger partial charge in [-0.15, -0.1) is 0 Å². The molecule has 216 valence electrons. The van der Waals surface area contributed by atoms with E-state index in [9.17, 15) is 8.42 Å². The second-order valence-electron chi connectivity index (χ2n) is 9.28. The molecule has 0 aliphatic heterocycles. The molecule has 0 fully saturated rings. The Bertz CT molecular complexity index is 697. The highest BCUT2D eigenvalue weighted by atomic mass is 32.2. The summed E-state index contributed by atoms with van der Waals surface area (Å²) in [6.07, 6.45) is 17.7. The minimum absolute atomic E-state index is 0.0281. The highest BCUT2D eigenvalue weighted by Gasteiger charge is 2.13. The average molecular weight is 545 g/mol. The molecule has 0 aromatic heterocycles. The van der Waals surface area contributed by atoms with Crippen LogP contribution in [-0.4, -0.2) is 67.9 Å². The first-order valence-corrected chi connectivity index (χ1v) is 15.8. The van der Waals surface area contributed by atoms with E-state index in [4.69, 9.17) is 23.1 Å². The summed E-state index contributed by atoms with van der Waals surface area (Å²) in [5, 5.41) is 0. The number of unbranched alkanes of at least 4 members (excludes halogenated alkanes) is 12. The van der Waals surface area contributed by atoms with Crippen LogP contribution in [0.4, 0.5) is 0 Å². The zero-order valence-electron chi connectivity index (χ0n) is 23.2. The predicted octanol–water partition coefficient (Wildman–Crippen LogP) is 6.55.